The van der Waals surface area contributed by atoms with E-state index in [4.69, 9.17) is 0 Å². The van der Waals surface area contributed by atoms with Crippen LogP contribution >= 0.6 is 11.3 Å². The zero-order valence-corrected chi connectivity index (χ0v) is 22.0. The standard InChI is InChI=1S/C31H30FN3O2S/c32-22-9-11-26-28(20-38-29(26)19-22)35-15-5-14-34(16-17-35)13-4-3-12-33-31(37)21-8-10-24-23-6-1-2-7-25(23)30(36)27(24)18-21/h1-2,6-11,18-20H,3-5,12-17H2,(H,33,37). The van der Waals surface area contributed by atoms with E-state index in [1.165, 1.54) is 5.69 Å². The minimum atomic E-state index is -0.183. The Hall–Kier alpha value is -3.55. The first-order valence-corrected chi connectivity index (χ1v) is 14.2. The summed E-state index contributed by atoms with van der Waals surface area (Å²) >= 11 is 1.61. The van der Waals surface area contributed by atoms with E-state index in [0.717, 1.165) is 73.2 Å². The maximum Gasteiger partial charge on any atom is 0.251 e. The molecule has 5 nitrogen and oxygen atoms in total. The van der Waals surface area contributed by atoms with Crippen LogP contribution in [0.15, 0.2) is 66.0 Å². The Kier molecular flexibility index (Phi) is 6.96. The van der Waals surface area contributed by atoms with Crippen LogP contribution in [0.3, 0.4) is 0 Å². The molecule has 0 radical (unpaired) electrons. The average Bonchev–Trinajstić information content (AvgIpc) is 3.37. The first kappa shape index (κ1) is 24.8. The lowest BCUT2D eigenvalue weighted by atomic mass is 10.0. The monoisotopic (exact) mass is 527 g/mol. The first-order valence-electron chi connectivity index (χ1n) is 13.3. The molecule has 0 bridgehead atoms. The number of nitrogens with zero attached hydrogens (tertiary/aromatic N) is 2. The number of carbonyl (C=O) groups excluding carboxylic acids is 2. The molecule has 1 aliphatic carbocycles. The van der Waals surface area contributed by atoms with Crippen LogP contribution in [0.4, 0.5) is 10.1 Å². The van der Waals surface area contributed by atoms with Crippen molar-refractivity contribution in [2.24, 2.45) is 0 Å². The molecular formula is C31H30FN3O2S. The number of ketones is 1. The lowest BCUT2D eigenvalue weighted by Gasteiger charge is -2.23. The van der Waals surface area contributed by atoms with Gasteiger partial charge in [-0.15, -0.1) is 11.3 Å². The molecule has 7 heteroatoms. The molecule has 3 aromatic carbocycles. The van der Waals surface area contributed by atoms with Gasteiger partial charge in [-0.2, -0.15) is 0 Å². The summed E-state index contributed by atoms with van der Waals surface area (Å²) in [7, 11) is 0. The molecule has 0 unspecified atom stereocenters. The Labute approximate surface area is 225 Å². The smallest absolute Gasteiger partial charge is 0.251 e. The number of fused-ring (bicyclic) bond motifs is 4. The van der Waals surface area contributed by atoms with Gasteiger partial charge in [0, 0.05) is 58.3 Å². The summed E-state index contributed by atoms with van der Waals surface area (Å²) in [6.07, 6.45) is 3.01. The molecule has 1 aliphatic heterocycles. The van der Waals surface area contributed by atoms with Crippen molar-refractivity contribution in [2.75, 3.05) is 44.2 Å². The average molecular weight is 528 g/mol. The number of rotatable bonds is 7. The van der Waals surface area contributed by atoms with E-state index < -0.39 is 0 Å². The van der Waals surface area contributed by atoms with Crippen LogP contribution in [0.5, 0.6) is 0 Å². The molecule has 1 amide bonds. The van der Waals surface area contributed by atoms with Crippen molar-refractivity contribution in [3.05, 3.63) is 88.6 Å². The Morgan fingerprint density at radius 1 is 0.895 bits per heavy atom. The third-order valence-corrected chi connectivity index (χ3v) is 8.55. The number of amides is 1. The van der Waals surface area contributed by atoms with Crippen LogP contribution < -0.4 is 10.2 Å². The number of halogens is 1. The molecule has 6 rings (SSSR count). The summed E-state index contributed by atoms with van der Waals surface area (Å²) < 4.78 is 14.6. The van der Waals surface area contributed by atoms with Crippen molar-refractivity contribution >= 4 is 38.8 Å². The fourth-order valence-electron chi connectivity index (χ4n) is 5.60. The largest absolute Gasteiger partial charge is 0.369 e. The molecule has 2 heterocycles. The van der Waals surface area contributed by atoms with Crippen molar-refractivity contribution in [3.8, 4) is 11.1 Å². The van der Waals surface area contributed by atoms with E-state index in [0.29, 0.717) is 23.2 Å². The highest BCUT2D eigenvalue weighted by molar-refractivity contribution is 7.17. The molecule has 0 spiro atoms. The Bertz CT molecular complexity index is 1510. The third kappa shape index (κ3) is 4.84. The maximum atomic E-state index is 13.6. The van der Waals surface area contributed by atoms with Gasteiger partial charge in [0.15, 0.2) is 5.78 Å². The van der Waals surface area contributed by atoms with E-state index in [9.17, 15) is 14.0 Å². The van der Waals surface area contributed by atoms with Crippen LogP contribution in [0, 0.1) is 5.82 Å². The van der Waals surface area contributed by atoms with E-state index in [1.807, 2.05) is 36.4 Å². The van der Waals surface area contributed by atoms with Gasteiger partial charge in [0.1, 0.15) is 5.82 Å². The summed E-state index contributed by atoms with van der Waals surface area (Å²) in [5, 5.41) is 6.31. The number of hydrogen-bond donors (Lipinski definition) is 1. The molecule has 0 saturated carbocycles. The van der Waals surface area contributed by atoms with Gasteiger partial charge in [-0.25, -0.2) is 4.39 Å². The van der Waals surface area contributed by atoms with Gasteiger partial charge in [-0.1, -0.05) is 30.3 Å². The zero-order chi connectivity index (χ0) is 26.1. The maximum absolute atomic E-state index is 13.6. The van der Waals surface area contributed by atoms with Gasteiger partial charge in [0.25, 0.3) is 5.91 Å². The number of benzene rings is 3. The van der Waals surface area contributed by atoms with Crippen molar-refractivity contribution in [3.63, 3.8) is 0 Å². The SMILES string of the molecule is O=C(NCCCCN1CCCN(c2csc3cc(F)ccc23)CC1)c1ccc2c(c1)C(=O)c1ccccc1-2. The van der Waals surface area contributed by atoms with Gasteiger partial charge in [0.05, 0.1) is 5.69 Å². The number of unbranched alkanes of at least 4 members (excludes halogenated alkanes) is 1. The molecule has 2 aliphatic rings. The molecule has 194 valence electrons. The summed E-state index contributed by atoms with van der Waals surface area (Å²) in [5.74, 6) is -0.329. The molecule has 1 aromatic heterocycles. The Balaban J connectivity index is 0.962. The molecule has 1 N–H and O–H groups in total. The predicted octanol–water partition coefficient (Wildman–Crippen LogP) is 5.97. The molecule has 1 fully saturated rings. The second-order valence-corrected chi connectivity index (χ2v) is 11.0. The molecule has 38 heavy (non-hydrogen) atoms. The fourth-order valence-corrected chi connectivity index (χ4v) is 6.60. The molecule has 4 aromatic rings. The van der Waals surface area contributed by atoms with Crippen LogP contribution in [-0.4, -0.2) is 55.9 Å². The fraction of sp³-hybridized carbons (Fsp3) is 0.290. The summed E-state index contributed by atoms with van der Waals surface area (Å²) in [5.41, 5.74) is 4.90. The topological polar surface area (TPSA) is 52.7 Å². The van der Waals surface area contributed by atoms with Gasteiger partial charge in [0.2, 0.25) is 0 Å². The van der Waals surface area contributed by atoms with Crippen LogP contribution in [-0.2, 0) is 0 Å². The number of hydrogen-bond acceptors (Lipinski definition) is 5. The van der Waals surface area contributed by atoms with Crippen molar-refractivity contribution in [1.29, 1.82) is 0 Å². The third-order valence-electron chi connectivity index (χ3n) is 7.62. The van der Waals surface area contributed by atoms with Gasteiger partial charge in [-0.3, -0.25) is 9.59 Å². The minimum absolute atomic E-state index is 0.0117. The summed E-state index contributed by atoms with van der Waals surface area (Å²) in [4.78, 5) is 30.4. The van der Waals surface area contributed by atoms with Crippen LogP contribution in [0.2, 0.25) is 0 Å². The molecule has 0 atom stereocenters. The summed E-state index contributed by atoms with van der Waals surface area (Å²) in [6.45, 7) is 5.64. The molecule has 1 saturated heterocycles. The Morgan fingerprint density at radius 2 is 1.74 bits per heavy atom. The number of anilines is 1. The number of nitrogens with one attached hydrogen (secondary N) is 1. The lowest BCUT2D eigenvalue weighted by Crippen LogP contribution is -2.31. The second-order valence-electron chi connectivity index (χ2n) is 10.0. The first-order chi connectivity index (χ1) is 18.6. The normalized spacial score (nSPS) is 15.4. The quantitative estimate of drug-likeness (QED) is 0.265. The predicted molar refractivity (Wildman–Crippen MR) is 152 cm³/mol. The van der Waals surface area contributed by atoms with E-state index >= 15 is 0 Å². The van der Waals surface area contributed by atoms with Crippen LogP contribution in [0.1, 0.15) is 45.5 Å². The van der Waals surface area contributed by atoms with Gasteiger partial charge in [-0.05, 0) is 73.8 Å². The van der Waals surface area contributed by atoms with Gasteiger partial charge < -0.3 is 15.1 Å². The second kappa shape index (κ2) is 10.7. The highest BCUT2D eigenvalue weighted by Crippen LogP contribution is 2.37. The number of carbonyl (C=O) groups is 2. The van der Waals surface area contributed by atoms with Crippen molar-refractivity contribution < 1.29 is 14.0 Å². The zero-order valence-electron chi connectivity index (χ0n) is 21.2. The summed E-state index contributed by atoms with van der Waals surface area (Å²) in [6, 6.07) is 18.1. The van der Waals surface area contributed by atoms with E-state index in [1.54, 1.807) is 35.6 Å². The van der Waals surface area contributed by atoms with Crippen LogP contribution in [0.25, 0.3) is 21.2 Å². The van der Waals surface area contributed by atoms with E-state index in [2.05, 4.69) is 20.5 Å². The molecular weight excluding hydrogens is 497 g/mol. The van der Waals surface area contributed by atoms with Crippen molar-refractivity contribution in [1.82, 2.24) is 10.2 Å². The highest BCUT2D eigenvalue weighted by atomic mass is 32.1. The minimum Gasteiger partial charge on any atom is -0.369 e. The van der Waals surface area contributed by atoms with E-state index in [-0.39, 0.29) is 17.5 Å². The number of thiophene rings is 1. The van der Waals surface area contributed by atoms with Crippen molar-refractivity contribution in [2.45, 2.75) is 19.3 Å². The van der Waals surface area contributed by atoms with Gasteiger partial charge >= 0.3 is 0 Å². The Morgan fingerprint density at radius 3 is 2.63 bits per heavy atom. The lowest BCUT2D eigenvalue weighted by molar-refractivity contribution is 0.0952. The highest BCUT2D eigenvalue weighted by Gasteiger charge is 2.27.